The first kappa shape index (κ1) is 22.1. The molecular weight excluding hydrogens is 430 g/mol. The summed E-state index contributed by atoms with van der Waals surface area (Å²) in [7, 11) is 0. The lowest BCUT2D eigenvalue weighted by molar-refractivity contribution is 0.194. The molecule has 0 spiro atoms. The van der Waals surface area contributed by atoms with Gasteiger partial charge in [0.2, 0.25) is 0 Å². The zero-order valence-electron chi connectivity index (χ0n) is 19.8. The first-order valence-corrected chi connectivity index (χ1v) is 12.9. The van der Waals surface area contributed by atoms with Gasteiger partial charge in [0, 0.05) is 43.5 Å². The lowest BCUT2D eigenvalue weighted by atomic mass is 9.89. The van der Waals surface area contributed by atoms with E-state index in [4.69, 9.17) is 9.97 Å². The normalized spacial score (nSPS) is 18.6. The molecule has 2 aliphatic rings. The molecule has 1 aliphatic carbocycles. The molecule has 1 fully saturated rings. The van der Waals surface area contributed by atoms with E-state index in [0.717, 1.165) is 53.9 Å². The third-order valence-corrected chi connectivity index (χ3v) is 7.97. The minimum absolute atomic E-state index is 0.0103. The molecule has 1 saturated heterocycles. The van der Waals surface area contributed by atoms with Crippen LogP contribution in [0.1, 0.15) is 54.9 Å². The number of fused-ring (bicyclic) bond motifs is 3. The smallest absolute Gasteiger partial charge is 0.317 e. The molecule has 0 saturated carbocycles. The lowest BCUT2D eigenvalue weighted by Gasteiger charge is -2.36. The average Bonchev–Trinajstić information content (AvgIpc) is 3.20. The van der Waals surface area contributed by atoms with Crippen molar-refractivity contribution in [2.75, 3.05) is 31.1 Å². The van der Waals surface area contributed by atoms with Crippen molar-refractivity contribution in [2.24, 2.45) is 5.92 Å². The molecule has 1 N–H and O–H groups in total. The first-order chi connectivity index (χ1) is 16.0. The molecule has 1 aromatic carbocycles. The molecule has 0 bridgehead atoms. The number of nitrogens with zero attached hydrogens (tertiary/aromatic N) is 4. The number of amides is 2. The molecule has 3 aromatic rings. The maximum Gasteiger partial charge on any atom is 0.317 e. The van der Waals surface area contributed by atoms with Gasteiger partial charge in [-0.2, -0.15) is 0 Å². The standard InChI is InChI=1S/C26H33N5OS/c1-17(2)23-28-24(22-20-10-9-18(3)15-21(20)33-25(22)29-23)30-11-13-31(14-12-30)26(32)27-16-19-7-5-4-6-8-19/h4-8,17-18H,9-16H2,1-3H3,(H,27,32). The highest BCUT2D eigenvalue weighted by Crippen LogP contribution is 2.41. The highest BCUT2D eigenvalue weighted by molar-refractivity contribution is 7.19. The monoisotopic (exact) mass is 463 g/mol. The van der Waals surface area contributed by atoms with Crippen LogP contribution in [0, 0.1) is 5.92 Å². The van der Waals surface area contributed by atoms with Gasteiger partial charge in [-0.15, -0.1) is 11.3 Å². The van der Waals surface area contributed by atoms with Gasteiger partial charge in [0.25, 0.3) is 0 Å². The summed E-state index contributed by atoms with van der Waals surface area (Å²) in [6.45, 7) is 10.2. The van der Waals surface area contributed by atoms with E-state index in [-0.39, 0.29) is 11.9 Å². The predicted octanol–water partition coefficient (Wildman–Crippen LogP) is 4.97. The van der Waals surface area contributed by atoms with Gasteiger partial charge in [-0.05, 0) is 36.3 Å². The lowest BCUT2D eigenvalue weighted by Crippen LogP contribution is -2.52. The van der Waals surface area contributed by atoms with E-state index in [1.807, 2.05) is 46.6 Å². The number of carbonyl (C=O) groups is 1. The van der Waals surface area contributed by atoms with Crippen LogP contribution in [0.2, 0.25) is 0 Å². The van der Waals surface area contributed by atoms with Crippen molar-refractivity contribution >= 4 is 33.4 Å². The number of urea groups is 1. The van der Waals surface area contributed by atoms with Gasteiger partial charge in [-0.1, -0.05) is 51.1 Å². The number of thiophene rings is 1. The highest BCUT2D eigenvalue weighted by Gasteiger charge is 2.28. The second kappa shape index (κ2) is 9.29. The van der Waals surface area contributed by atoms with Crippen molar-refractivity contribution in [1.29, 1.82) is 0 Å². The van der Waals surface area contributed by atoms with Crippen LogP contribution in [-0.4, -0.2) is 47.1 Å². The van der Waals surface area contributed by atoms with Crippen molar-refractivity contribution in [1.82, 2.24) is 20.2 Å². The third kappa shape index (κ3) is 4.56. The Bertz CT molecular complexity index is 1130. The summed E-state index contributed by atoms with van der Waals surface area (Å²) < 4.78 is 0. The number of hydrogen-bond donors (Lipinski definition) is 1. The summed E-state index contributed by atoms with van der Waals surface area (Å²) in [4.78, 5) is 29.7. The Kier molecular flexibility index (Phi) is 6.23. The van der Waals surface area contributed by atoms with Gasteiger partial charge < -0.3 is 15.1 Å². The van der Waals surface area contributed by atoms with Crippen LogP contribution in [0.15, 0.2) is 30.3 Å². The SMILES string of the molecule is CC1CCc2c(sc3nc(C(C)C)nc(N4CCN(C(=O)NCc5ccccc5)CC4)c23)C1. The van der Waals surface area contributed by atoms with Crippen molar-refractivity contribution in [3.8, 4) is 0 Å². The van der Waals surface area contributed by atoms with Gasteiger partial charge in [0.1, 0.15) is 16.5 Å². The largest absolute Gasteiger partial charge is 0.352 e. The first-order valence-electron chi connectivity index (χ1n) is 12.1. The molecule has 5 rings (SSSR count). The Labute approximate surface area is 200 Å². The average molecular weight is 464 g/mol. The Morgan fingerprint density at radius 1 is 1.15 bits per heavy atom. The van der Waals surface area contributed by atoms with Crippen LogP contribution in [0.4, 0.5) is 10.6 Å². The summed E-state index contributed by atoms with van der Waals surface area (Å²) in [5, 5.41) is 4.33. The van der Waals surface area contributed by atoms with E-state index in [1.54, 1.807) is 0 Å². The quantitative estimate of drug-likeness (QED) is 0.593. The van der Waals surface area contributed by atoms with Crippen molar-refractivity contribution in [3.05, 3.63) is 52.2 Å². The number of rotatable bonds is 4. The molecule has 7 heteroatoms. The van der Waals surface area contributed by atoms with E-state index < -0.39 is 0 Å². The van der Waals surface area contributed by atoms with Crippen LogP contribution in [0.5, 0.6) is 0 Å². The minimum Gasteiger partial charge on any atom is -0.352 e. The molecule has 1 aliphatic heterocycles. The summed E-state index contributed by atoms with van der Waals surface area (Å²) in [5.74, 6) is 3.04. The number of piperazine rings is 1. The number of anilines is 1. The zero-order valence-corrected chi connectivity index (χ0v) is 20.6. The fraction of sp³-hybridized carbons (Fsp3) is 0.500. The van der Waals surface area contributed by atoms with E-state index in [2.05, 4.69) is 31.0 Å². The molecule has 2 aromatic heterocycles. The molecule has 6 nitrogen and oxygen atoms in total. The van der Waals surface area contributed by atoms with Gasteiger partial charge in [-0.3, -0.25) is 0 Å². The second-order valence-electron chi connectivity index (χ2n) is 9.71. The number of carbonyl (C=O) groups excluding carboxylic acids is 1. The molecule has 33 heavy (non-hydrogen) atoms. The summed E-state index contributed by atoms with van der Waals surface area (Å²) in [5.41, 5.74) is 2.59. The third-order valence-electron chi connectivity index (χ3n) is 6.82. The summed E-state index contributed by atoms with van der Waals surface area (Å²) in [6.07, 6.45) is 3.51. The zero-order chi connectivity index (χ0) is 22.9. The summed E-state index contributed by atoms with van der Waals surface area (Å²) >= 11 is 1.87. The number of aromatic nitrogens is 2. The molecule has 3 heterocycles. The fourth-order valence-electron chi connectivity index (χ4n) is 4.83. The Hall–Kier alpha value is -2.67. The Morgan fingerprint density at radius 2 is 1.91 bits per heavy atom. The van der Waals surface area contributed by atoms with Crippen LogP contribution in [0.3, 0.4) is 0 Å². The minimum atomic E-state index is 0.0103. The predicted molar refractivity (Wildman–Crippen MR) is 135 cm³/mol. The molecule has 0 radical (unpaired) electrons. The van der Waals surface area contributed by atoms with Crippen molar-refractivity contribution < 1.29 is 4.79 Å². The molecular formula is C26H33N5OS. The van der Waals surface area contributed by atoms with Crippen LogP contribution in [-0.2, 0) is 19.4 Å². The van der Waals surface area contributed by atoms with E-state index in [9.17, 15) is 4.79 Å². The maximum absolute atomic E-state index is 12.7. The summed E-state index contributed by atoms with van der Waals surface area (Å²) in [6, 6.07) is 10.1. The fourth-order valence-corrected chi connectivity index (χ4v) is 6.22. The second-order valence-corrected chi connectivity index (χ2v) is 10.8. The Balaban J connectivity index is 1.34. The van der Waals surface area contributed by atoms with Crippen LogP contribution >= 0.6 is 11.3 Å². The van der Waals surface area contributed by atoms with Gasteiger partial charge in [0.15, 0.2) is 0 Å². The van der Waals surface area contributed by atoms with Crippen LogP contribution in [0.25, 0.3) is 10.2 Å². The number of nitrogens with one attached hydrogen (secondary N) is 1. The van der Waals surface area contributed by atoms with Gasteiger partial charge in [-0.25, -0.2) is 14.8 Å². The topological polar surface area (TPSA) is 61.4 Å². The maximum atomic E-state index is 12.7. The van der Waals surface area contributed by atoms with Gasteiger partial charge in [0.05, 0.1) is 5.39 Å². The molecule has 1 unspecified atom stereocenters. The number of hydrogen-bond acceptors (Lipinski definition) is 5. The van der Waals surface area contributed by atoms with Gasteiger partial charge >= 0.3 is 6.03 Å². The Morgan fingerprint density at radius 3 is 2.64 bits per heavy atom. The molecule has 174 valence electrons. The highest BCUT2D eigenvalue weighted by atomic mass is 32.1. The van der Waals surface area contributed by atoms with Crippen LogP contribution < -0.4 is 10.2 Å². The van der Waals surface area contributed by atoms with Crippen molar-refractivity contribution in [2.45, 2.75) is 52.5 Å². The molecule has 1 atom stereocenters. The molecule has 2 amide bonds. The van der Waals surface area contributed by atoms with Crippen molar-refractivity contribution in [3.63, 3.8) is 0 Å². The van der Waals surface area contributed by atoms with E-state index in [1.165, 1.54) is 22.2 Å². The number of benzene rings is 1. The number of aryl methyl sites for hydroxylation is 1. The van der Waals surface area contributed by atoms with E-state index in [0.29, 0.717) is 19.6 Å². The van der Waals surface area contributed by atoms with E-state index >= 15 is 0 Å².